The fourth-order valence-corrected chi connectivity index (χ4v) is 5.42. The first-order valence-electron chi connectivity index (χ1n) is 6.93. The molecule has 2 saturated heterocycles. The maximum Gasteiger partial charge on any atom is 0.214 e. The summed E-state index contributed by atoms with van der Waals surface area (Å²) in [6.45, 7) is 2.79. The molecular formula is C11H23N3O4S2. The fraction of sp³-hybridized carbons (Fsp3) is 1.00. The minimum Gasteiger partial charge on any atom is -0.317 e. The predicted molar refractivity (Wildman–Crippen MR) is 77.4 cm³/mol. The molecule has 0 saturated carbocycles. The third kappa shape index (κ3) is 4.14. The Morgan fingerprint density at radius 3 is 1.95 bits per heavy atom. The van der Waals surface area contributed by atoms with Crippen molar-refractivity contribution in [3.63, 3.8) is 0 Å². The van der Waals surface area contributed by atoms with Crippen LogP contribution in [-0.4, -0.2) is 76.7 Å². The van der Waals surface area contributed by atoms with E-state index in [2.05, 4.69) is 5.32 Å². The van der Waals surface area contributed by atoms with Crippen LogP contribution in [0.25, 0.3) is 0 Å². The smallest absolute Gasteiger partial charge is 0.214 e. The molecule has 0 aromatic heterocycles. The minimum absolute atomic E-state index is 0.188. The van der Waals surface area contributed by atoms with Gasteiger partial charge in [0.05, 0.1) is 12.0 Å². The van der Waals surface area contributed by atoms with E-state index < -0.39 is 20.0 Å². The van der Waals surface area contributed by atoms with E-state index in [1.807, 2.05) is 0 Å². The highest BCUT2D eigenvalue weighted by Crippen LogP contribution is 2.18. The summed E-state index contributed by atoms with van der Waals surface area (Å²) in [6, 6.07) is 0. The first-order chi connectivity index (χ1) is 9.29. The number of hydrogen-bond acceptors (Lipinski definition) is 5. The molecule has 2 aliphatic heterocycles. The Balaban J connectivity index is 1.91. The van der Waals surface area contributed by atoms with Crippen molar-refractivity contribution in [3.05, 3.63) is 0 Å². The highest BCUT2D eigenvalue weighted by Gasteiger charge is 2.32. The van der Waals surface area contributed by atoms with E-state index in [-0.39, 0.29) is 37.8 Å². The maximum atomic E-state index is 12.3. The molecule has 2 heterocycles. The van der Waals surface area contributed by atoms with Gasteiger partial charge in [-0.3, -0.25) is 0 Å². The van der Waals surface area contributed by atoms with Gasteiger partial charge in [0.1, 0.15) is 0 Å². The number of nitrogens with zero attached hydrogens (tertiary/aromatic N) is 2. The number of rotatable bonds is 4. The lowest BCUT2D eigenvalue weighted by atomic mass is 10.0. The Morgan fingerprint density at radius 2 is 1.45 bits per heavy atom. The van der Waals surface area contributed by atoms with Gasteiger partial charge in [0.15, 0.2) is 0 Å². The summed E-state index contributed by atoms with van der Waals surface area (Å²) in [5.74, 6) is 0.405. The third-order valence-electron chi connectivity index (χ3n) is 3.97. The van der Waals surface area contributed by atoms with Gasteiger partial charge in [-0.15, -0.1) is 0 Å². The van der Waals surface area contributed by atoms with E-state index in [4.69, 9.17) is 0 Å². The molecule has 0 amide bonds. The Bertz CT molecular complexity index is 518. The SMILES string of the molecule is CS(=O)(=O)N1CCN(S(=O)(=O)CC2CCNCC2)CC1. The van der Waals surface area contributed by atoms with Crippen LogP contribution in [-0.2, 0) is 20.0 Å². The van der Waals surface area contributed by atoms with Crippen molar-refractivity contribution in [2.45, 2.75) is 12.8 Å². The van der Waals surface area contributed by atoms with Gasteiger partial charge in [0.2, 0.25) is 20.0 Å². The summed E-state index contributed by atoms with van der Waals surface area (Å²) in [6.07, 6.45) is 2.94. The molecule has 0 unspecified atom stereocenters. The molecule has 0 aromatic rings. The lowest BCUT2D eigenvalue weighted by Crippen LogP contribution is -2.51. The molecule has 0 aliphatic carbocycles. The van der Waals surface area contributed by atoms with E-state index >= 15 is 0 Å². The van der Waals surface area contributed by atoms with Crippen LogP contribution in [0.15, 0.2) is 0 Å². The quantitative estimate of drug-likeness (QED) is 0.708. The van der Waals surface area contributed by atoms with Gasteiger partial charge < -0.3 is 5.32 Å². The maximum absolute atomic E-state index is 12.3. The normalized spacial score (nSPS) is 24.9. The second kappa shape index (κ2) is 6.27. The fourth-order valence-electron chi connectivity index (χ4n) is 2.73. The number of piperidine rings is 1. The highest BCUT2D eigenvalue weighted by atomic mass is 32.2. The largest absolute Gasteiger partial charge is 0.317 e. The third-order valence-corrected chi connectivity index (χ3v) is 7.31. The van der Waals surface area contributed by atoms with Crippen molar-refractivity contribution in [1.29, 1.82) is 0 Å². The van der Waals surface area contributed by atoms with Crippen LogP contribution in [0.5, 0.6) is 0 Å². The lowest BCUT2D eigenvalue weighted by molar-refractivity contribution is 0.271. The Labute approximate surface area is 121 Å². The van der Waals surface area contributed by atoms with Crippen molar-refractivity contribution in [2.24, 2.45) is 5.92 Å². The van der Waals surface area contributed by atoms with E-state index in [0.29, 0.717) is 0 Å². The van der Waals surface area contributed by atoms with Crippen LogP contribution in [0.1, 0.15) is 12.8 Å². The summed E-state index contributed by atoms with van der Waals surface area (Å²) >= 11 is 0. The molecule has 0 radical (unpaired) electrons. The zero-order valence-electron chi connectivity index (χ0n) is 11.8. The Morgan fingerprint density at radius 1 is 0.950 bits per heavy atom. The topological polar surface area (TPSA) is 86.8 Å². The van der Waals surface area contributed by atoms with Gasteiger partial charge in [-0.25, -0.2) is 16.8 Å². The van der Waals surface area contributed by atoms with Crippen molar-refractivity contribution in [3.8, 4) is 0 Å². The van der Waals surface area contributed by atoms with Gasteiger partial charge in [-0.05, 0) is 31.8 Å². The number of sulfonamides is 2. The summed E-state index contributed by atoms with van der Waals surface area (Å²) in [7, 11) is -6.49. The van der Waals surface area contributed by atoms with Crippen molar-refractivity contribution in [1.82, 2.24) is 13.9 Å². The van der Waals surface area contributed by atoms with Gasteiger partial charge >= 0.3 is 0 Å². The molecule has 2 aliphatic rings. The van der Waals surface area contributed by atoms with Crippen LogP contribution in [0.3, 0.4) is 0 Å². The number of hydrogen-bond donors (Lipinski definition) is 1. The van der Waals surface area contributed by atoms with Crippen LogP contribution in [0.2, 0.25) is 0 Å². The predicted octanol–water partition coefficient (Wildman–Crippen LogP) is -1.11. The molecule has 0 aromatic carbocycles. The van der Waals surface area contributed by atoms with Crippen molar-refractivity contribution in [2.75, 3.05) is 51.3 Å². The van der Waals surface area contributed by atoms with Crippen LogP contribution in [0, 0.1) is 5.92 Å². The van der Waals surface area contributed by atoms with Crippen LogP contribution in [0.4, 0.5) is 0 Å². The molecule has 0 spiro atoms. The molecule has 1 N–H and O–H groups in total. The summed E-state index contributed by atoms with van der Waals surface area (Å²) in [5.41, 5.74) is 0. The second-order valence-corrected chi connectivity index (χ2v) is 9.53. The molecule has 20 heavy (non-hydrogen) atoms. The van der Waals surface area contributed by atoms with Crippen molar-refractivity contribution < 1.29 is 16.8 Å². The van der Waals surface area contributed by atoms with Crippen LogP contribution >= 0.6 is 0 Å². The highest BCUT2D eigenvalue weighted by molar-refractivity contribution is 7.89. The van der Waals surface area contributed by atoms with Gasteiger partial charge in [-0.1, -0.05) is 0 Å². The second-order valence-electron chi connectivity index (χ2n) is 5.53. The van der Waals surface area contributed by atoms with Gasteiger partial charge in [0, 0.05) is 26.2 Å². The van der Waals surface area contributed by atoms with Gasteiger partial charge in [-0.2, -0.15) is 8.61 Å². The Hall–Kier alpha value is -0.220. The first kappa shape index (κ1) is 16.2. The van der Waals surface area contributed by atoms with E-state index in [9.17, 15) is 16.8 Å². The van der Waals surface area contributed by atoms with E-state index in [1.165, 1.54) is 8.61 Å². The molecule has 118 valence electrons. The lowest BCUT2D eigenvalue weighted by Gasteiger charge is -2.33. The van der Waals surface area contributed by atoms with Crippen LogP contribution < -0.4 is 5.32 Å². The average molecular weight is 325 g/mol. The summed E-state index contributed by atoms with van der Waals surface area (Å²) in [5, 5.41) is 3.22. The van der Waals surface area contributed by atoms with E-state index in [1.54, 1.807) is 0 Å². The zero-order chi connectivity index (χ0) is 14.8. The van der Waals surface area contributed by atoms with Crippen molar-refractivity contribution >= 4 is 20.0 Å². The Kier molecular flexibility index (Phi) is 5.06. The van der Waals surface area contributed by atoms with Gasteiger partial charge in [0.25, 0.3) is 0 Å². The first-order valence-corrected chi connectivity index (χ1v) is 10.4. The standard InChI is InChI=1S/C11H23N3O4S2/c1-19(15,16)13-6-8-14(9-7-13)20(17,18)10-11-2-4-12-5-3-11/h11-12H,2-10H2,1H3. The molecule has 9 heteroatoms. The number of nitrogens with one attached hydrogen (secondary N) is 1. The molecule has 2 fully saturated rings. The minimum atomic E-state index is -3.27. The molecule has 7 nitrogen and oxygen atoms in total. The molecule has 2 rings (SSSR count). The molecule has 0 bridgehead atoms. The zero-order valence-corrected chi connectivity index (χ0v) is 13.4. The number of piperazine rings is 1. The summed E-state index contributed by atoms with van der Waals surface area (Å²) in [4.78, 5) is 0. The molecule has 0 atom stereocenters. The monoisotopic (exact) mass is 325 g/mol. The summed E-state index contributed by atoms with van der Waals surface area (Å²) < 4.78 is 50.3. The van der Waals surface area contributed by atoms with E-state index in [0.717, 1.165) is 32.2 Å². The average Bonchev–Trinajstić information content (AvgIpc) is 2.38. The molecular weight excluding hydrogens is 302 g/mol.